The van der Waals surface area contributed by atoms with Gasteiger partial charge < -0.3 is 5.73 Å². The van der Waals surface area contributed by atoms with E-state index in [0.717, 1.165) is 26.6 Å². The Bertz CT molecular complexity index is 433. The summed E-state index contributed by atoms with van der Waals surface area (Å²) < 4.78 is 1.01. The van der Waals surface area contributed by atoms with Crippen molar-refractivity contribution in [3.8, 4) is 0 Å². The van der Waals surface area contributed by atoms with Crippen molar-refractivity contribution < 1.29 is 0 Å². The Morgan fingerprint density at radius 1 is 1.58 bits per heavy atom. The van der Waals surface area contributed by atoms with Gasteiger partial charge in [-0.1, -0.05) is 15.9 Å². The number of H-pyrrole nitrogens is 1. The molecule has 0 amide bonds. The van der Waals surface area contributed by atoms with Gasteiger partial charge in [0, 0.05) is 15.5 Å². The largest absolute Gasteiger partial charge is 0.398 e. The van der Waals surface area contributed by atoms with Crippen LogP contribution in [0.5, 0.6) is 0 Å². The van der Waals surface area contributed by atoms with E-state index in [4.69, 9.17) is 5.73 Å². The maximum absolute atomic E-state index is 5.87. The van der Waals surface area contributed by atoms with Crippen LogP contribution in [0.15, 0.2) is 16.7 Å². The first-order valence-electron chi connectivity index (χ1n) is 3.58. The first kappa shape index (κ1) is 7.61. The average Bonchev–Trinajstić information content (AvgIpc) is 2.48. The zero-order valence-electron chi connectivity index (χ0n) is 6.56. The van der Waals surface area contributed by atoms with Crippen molar-refractivity contribution in [2.75, 3.05) is 5.73 Å². The molecule has 0 aliphatic rings. The highest BCUT2D eigenvalue weighted by atomic mass is 79.9. The molecule has 3 N–H and O–H groups in total. The molecule has 0 saturated heterocycles. The van der Waals surface area contributed by atoms with Gasteiger partial charge in [-0.05, 0) is 18.6 Å². The summed E-state index contributed by atoms with van der Waals surface area (Å²) in [6.07, 6.45) is 1.74. The summed E-state index contributed by atoms with van der Waals surface area (Å²) in [6.45, 7) is 1.98. The quantitative estimate of drug-likeness (QED) is 0.676. The van der Waals surface area contributed by atoms with E-state index in [9.17, 15) is 0 Å². The number of anilines is 1. The second kappa shape index (κ2) is 2.48. The summed E-state index contributed by atoms with van der Waals surface area (Å²) in [6, 6.07) is 1.98. The Labute approximate surface area is 78.1 Å². The zero-order chi connectivity index (χ0) is 8.72. The Kier molecular flexibility index (Phi) is 1.58. The molecule has 0 fully saturated rings. The first-order chi connectivity index (χ1) is 5.70. The molecule has 0 saturated carbocycles. The van der Waals surface area contributed by atoms with Crippen molar-refractivity contribution in [3.63, 3.8) is 0 Å². The van der Waals surface area contributed by atoms with E-state index in [1.54, 1.807) is 6.20 Å². The second-order valence-electron chi connectivity index (χ2n) is 2.73. The van der Waals surface area contributed by atoms with Crippen molar-refractivity contribution in [2.45, 2.75) is 6.92 Å². The molecule has 1 aromatic carbocycles. The monoisotopic (exact) mass is 225 g/mol. The van der Waals surface area contributed by atoms with E-state index in [0.29, 0.717) is 0 Å². The maximum Gasteiger partial charge on any atom is 0.0682 e. The van der Waals surface area contributed by atoms with Crippen LogP contribution in [0.25, 0.3) is 10.9 Å². The molecule has 0 bridgehead atoms. The highest BCUT2D eigenvalue weighted by molar-refractivity contribution is 9.10. The molecule has 0 aliphatic carbocycles. The molecule has 0 aliphatic heterocycles. The molecule has 1 heterocycles. The minimum Gasteiger partial charge on any atom is -0.398 e. The summed E-state index contributed by atoms with van der Waals surface area (Å²) in [7, 11) is 0. The SMILES string of the molecule is Cc1c(Br)cc2[nH]ncc2c1N. The van der Waals surface area contributed by atoms with Gasteiger partial charge in [0.1, 0.15) is 0 Å². The molecule has 62 valence electrons. The number of nitrogens with two attached hydrogens (primary N) is 1. The predicted octanol–water partition coefficient (Wildman–Crippen LogP) is 2.22. The number of nitrogens with one attached hydrogen (secondary N) is 1. The molecule has 2 rings (SSSR count). The van der Waals surface area contributed by atoms with Crippen molar-refractivity contribution in [3.05, 3.63) is 22.3 Å². The first-order valence-corrected chi connectivity index (χ1v) is 4.37. The van der Waals surface area contributed by atoms with E-state index in [1.807, 2.05) is 13.0 Å². The smallest absolute Gasteiger partial charge is 0.0682 e. The topological polar surface area (TPSA) is 54.7 Å². The van der Waals surface area contributed by atoms with E-state index in [-0.39, 0.29) is 0 Å². The third kappa shape index (κ3) is 0.914. The molecule has 0 atom stereocenters. The summed E-state index contributed by atoms with van der Waals surface area (Å²) in [5, 5.41) is 7.77. The normalized spacial score (nSPS) is 10.8. The summed E-state index contributed by atoms with van der Waals surface area (Å²) in [5.74, 6) is 0. The molecule has 12 heavy (non-hydrogen) atoms. The lowest BCUT2D eigenvalue weighted by Gasteiger charge is -2.02. The molecule has 2 aromatic rings. The molecular weight excluding hydrogens is 218 g/mol. The van der Waals surface area contributed by atoms with Crippen LogP contribution in [0.2, 0.25) is 0 Å². The molecule has 4 heteroatoms. The minimum atomic E-state index is 0.785. The zero-order valence-corrected chi connectivity index (χ0v) is 8.14. The highest BCUT2D eigenvalue weighted by Gasteiger charge is 2.06. The van der Waals surface area contributed by atoms with Gasteiger partial charge in [0.2, 0.25) is 0 Å². The number of aromatic nitrogens is 2. The number of rotatable bonds is 0. The van der Waals surface area contributed by atoms with Crippen LogP contribution in [0.1, 0.15) is 5.56 Å². The van der Waals surface area contributed by atoms with Crippen LogP contribution in [0.4, 0.5) is 5.69 Å². The van der Waals surface area contributed by atoms with Gasteiger partial charge in [-0.3, -0.25) is 5.10 Å². The van der Waals surface area contributed by atoms with E-state index in [2.05, 4.69) is 26.1 Å². The number of fused-ring (bicyclic) bond motifs is 1. The van der Waals surface area contributed by atoms with Gasteiger partial charge >= 0.3 is 0 Å². The number of benzene rings is 1. The number of halogens is 1. The Morgan fingerprint density at radius 3 is 3.08 bits per heavy atom. The minimum absolute atomic E-state index is 0.785. The van der Waals surface area contributed by atoms with Gasteiger partial charge in [-0.2, -0.15) is 5.10 Å². The molecule has 0 radical (unpaired) electrons. The lowest BCUT2D eigenvalue weighted by Crippen LogP contribution is -1.90. The molecular formula is C8H8BrN3. The van der Waals surface area contributed by atoms with Gasteiger partial charge in [0.15, 0.2) is 0 Å². The number of hydrogen-bond donors (Lipinski definition) is 2. The third-order valence-corrected chi connectivity index (χ3v) is 2.82. The fourth-order valence-electron chi connectivity index (χ4n) is 1.19. The lowest BCUT2D eigenvalue weighted by molar-refractivity contribution is 1.12. The summed E-state index contributed by atoms with van der Waals surface area (Å²) >= 11 is 3.42. The number of nitrogen functional groups attached to an aromatic ring is 1. The van der Waals surface area contributed by atoms with Crippen LogP contribution in [-0.4, -0.2) is 10.2 Å². The second-order valence-corrected chi connectivity index (χ2v) is 3.58. The molecule has 0 spiro atoms. The third-order valence-electron chi connectivity index (χ3n) is 1.99. The van der Waals surface area contributed by atoms with Crippen LogP contribution in [0, 0.1) is 6.92 Å². The fourth-order valence-corrected chi connectivity index (χ4v) is 1.63. The average molecular weight is 226 g/mol. The van der Waals surface area contributed by atoms with Crippen LogP contribution >= 0.6 is 15.9 Å². The van der Waals surface area contributed by atoms with Crippen molar-refractivity contribution in [1.82, 2.24) is 10.2 Å². The Morgan fingerprint density at radius 2 is 2.33 bits per heavy atom. The number of hydrogen-bond acceptors (Lipinski definition) is 2. The Balaban J connectivity index is 2.94. The molecule has 3 nitrogen and oxygen atoms in total. The Hall–Kier alpha value is -1.03. The van der Waals surface area contributed by atoms with E-state index in [1.165, 1.54) is 0 Å². The predicted molar refractivity (Wildman–Crippen MR) is 52.9 cm³/mol. The number of nitrogens with zero attached hydrogens (tertiary/aromatic N) is 1. The summed E-state index contributed by atoms with van der Waals surface area (Å²) in [4.78, 5) is 0. The number of aromatic amines is 1. The van der Waals surface area contributed by atoms with E-state index >= 15 is 0 Å². The molecule has 0 unspecified atom stereocenters. The fraction of sp³-hybridized carbons (Fsp3) is 0.125. The van der Waals surface area contributed by atoms with Gasteiger partial charge in [-0.25, -0.2) is 0 Å². The maximum atomic E-state index is 5.87. The summed E-state index contributed by atoms with van der Waals surface area (Å²) in [5.41, 5.74) is 8.68. The van der Waals surface area contributed by atoms with Crippen LogP contribution in [-0.2, 0) is 0 Å². The lowest BCUT2D eigenvalue weighted by atomic mass is 10.1. The van der Waals surface area contributed by atoms with Gasteiger partial charge in [0.25, 0.3) is 0 Å². The van der Waals surface area contributed by atoms with E-state index < -0.39 is 0 Å². The van der Waals surface area contributed by atoms with Crippen LogP contribution in [0.3, 0.4) is 0 Å². The van der Waals surface area contributed by atoms with Crippen LogP contribution < -0.4 is 5.73 Å². The highest BCUT2D eigenvalue weighted by Crippen LogP contribution is 2.29. The van der Waals surface area contributed by atoms with Crippen molar-refractivity contribution in [2.24, 2.45) is 0 Å². The van der Waals surface area contributed by atoms with Crippen molar-refractivity contribution in [1.29, 1.82) is 0 Å². The molecule has 1 aromatic heterocycles. The van der Waals surface area contributed by atoms with Gasteiger partial charge in [-0.15, -0.1) is 0 Å². The standard InChI is InChI=1S/C8H8BrN3/c1-4-6(9)2-7-5(8(4)10)3-11-12-7/h2-3H,10H2,1H3,(H,11,12). The van der Waals surface area contributed by atoms with Gasteiger partial charge in [0.05, 0.1) is 11.7 Å². The van der Waals surface area contributed by atoms with Crippen molar-refractivity contribution >= 4 is 32.5 Å².